The summed E-state index contributed by atoms with van der Waals surface area (Å²) < 4.78 is 17.2. The van der Waals surface area contributed by atoms with Crippen LogP contribution in [0.15, 0.2) is 48.5 Å². The van der Waals surface area contributed by atoms with Gasteiger partial charge in [-0.3, -0.25) is 4.79 Å². The Bertz CT molecular complexity index is 1070. The highest BCUT2D eigenvalue weighted by molar-refractivity contribution is 5.90. The van der Waals surface area contributed by atoms with E-state index in [1.54, 1.807) is 12.1 Å². The second kappa shape index (κ2) is 24.1. The minimum absolute atomic E-state index is 0.309. The number of carbonyl (C=O) groups is 2. The van der Waals surface area contributed by atoms with Crippen molar-refractivity contribution in [3.05, 3.63) is 54.1 Å². The van der Waals surface area contributed by atoms with Crippen LogP contribution in [0.5, 0.6) is 5.75 Å². The van der Waals surface area contributed by atoms with Gasteiger partial charge in [0.2, 0.25) is 6.29 Å². The lowest BCUT2D eigenvalue weighted by Crippen LogP contribution is -2.25. The Labute approximate surface area is 267 Å². The van der Waals surface area contributed by atoms with Gasteiger partial charge in [0, 0.05) is 19.3 Å². The van der Waals surface area contributed by atoms with Crippen molar-refractivity contribution in [2.45, 2.75) is 142 Å². The molecule has 0 N–H and O–H groups in total. The molecule has 44 heavy (non-hydrogen) atoms. The second-order valence-electron chi connectivity index (χ2n) is 11.7. The maximum atomic E-state index is 12.9. The molecule has 1 atom stereocenters. The molecule has 0 aromatic heterocycles. The summed E-state index contributed by atoms with van der Waals surface area (Å²) in [5, 5.41) is 0. The molecule has 2 rings (SSSR count). The van der Waals surface area contributed by atoms with Crippen molar-refractivity contribution in [2.75, 3.05) is 6.61 Å². The molecule has 0 radical (unpaired) electrons. The van der Waals surface area contributed by atoms with Crippen molar-refractivity contribution < 1.29 is 23.8 Å². The fourth-order valence-corrected chi connectivity index (χ4v) is 5.09. The number of carbonyl (C=O) groups excluding carboxylic acids is 2. The molecule has 0 bridgehead atoms. The van der Waals surface area contributed by atoms with Crippen LogP contribution in [0.4, 0.5) is 0 Å². The Hall–Kier alpha value is -3.26. The van der Waals surface area contributed by atoms with Gasteiger partial charge in [0.05, 0.1) is 12.2 Å². The van der Waals surface area contributed by atoms with E-state index >= 15 is 0 Å². The Balaban J connectivity index is 1.79. The largest absolute Gasteiger partial charge is 0.494 e. The molecule has 2 aromatic rings. The Morgan fingerprint density at radius 1 is 0.659 bits per heavy atom. The quantitative estimate of drug-likeness (QED) is 0.0488. The van der Waals surface area contributed by atoms with Gasteiger partial charge in [-0.1, -0.05) is 115 Å². The first-order valence-corrected chi connectivity index (χ1v) is 17.2. The zero-order chi connectivity index (χ0) is 31.7. The minimum Gasteiger partial charge on any atom is -0.494 e. The molecule has 5 nitrogen and oxygen atoms in total. The van der Waals surface area contributed by atoms with Crippen molar-refractivity contribution in [2.24, 2.45) is 0 Å². The van der Waals surface area contributed by atoms with Crippen molar-refractivity contribution in [3.63, 3.8) is 0 Å². The minimum atomic E-state index is -0.862. The lowest BCUT2D eigenvalue weighted by atomic mass is 10.0. The SMILES string of the molecule is C#CCCCCCCCCC(=O)OC(CCCCC)OC(=O)c1ccc(-c2ccc(OCCCCCCCCC)cc2)cc1. The van der Waals surface area contributed by atoms with Gasteiger partial charge in [0.15, 0.2) is 0 Å². The summed E-state index contributed by atoms with van der Waals surface area (Å²) >= 11 is 0. The van der Waals surface area contributed by atoms with E-state index in [4.69, 9.17) is 20.6 Å². The molecule has 0 spiro atoms. The second-order valence-corrected chi connectivity index (χ2v) is 11.7. The fourth-order valence-electron chi connectivity index (χ4n) is 5.09. The molecule has 0 amide bonds. The standard InChI is InChI=1S/C39H56O5/c1-4-7-10-12-14-15-17-20-22-37(40)43-38(23-19-9-6-3)44-39(41)35-26-24-33(25-27-35)34-28-30-36(31-29-34)42-32-21-18-16-13-11-8-5-2/h1,24-31,38H,5-23,32H2,2-3H3. The van der Waals surface area contributed by atoms with E-state index < -0.39 is 12.3 Å². The average molecular weight is 605 g/mol. The van der Waals surface area contributed by atoms with Crippen LogP contribution in [0.25, 0.3) is 11.1 Å². The molecule has 0 saturated carbocycles. The van der Waals surface area contributed by atoms with E-state index in [-0.39, 0.29) is 5.97 Å². The number of terminal acetylenes is 1. The highest BCUT2D eigenvalue weighted by Crippen LogP contribution is 2.24. The summed E-state index contributed by atoms with van der Waals surface area (Å²) in [5.74, 6) is 2.75. The number of hydrogen-bond donors (Lipinski definition) is 0. The van der Waals surface area contributed by atoms with Gasteiger partial charge in [0.1, 0.15) is 5.75 Å². The Kier molecular flexibility index (Phi) is 20.2. The van der Waals surface area contributed by atoms with Crippen LogP contribution >= 0.6 is 0 Å². The van der Waals surface area contributed by atoms with Gasteiger partial charge in [-0.05, 0) is 61.1 Å². The van der Waals surface area contributed by atoms with Crippen LogP contribution in [-0.2, 0) is 14.3 Å². The molecule has 0 heterocycles. The van der Waals surface area contributed by atoms with Crippen LogP contribution in [0.3, 0.4) is 0 Å². The normalized spacial score (nSPS) is 11.5. The van der Waals surface area contributed by atoms with E-state index in [1.165, 1.54) is 38.5 Å². The van der Waals surface area contributed by atoms with E-state index in [0.29, 0.717) is 18.4 Å². The molecule has 2 aromatic carbocycles. The maximum Gasteiger partial charge on any atom is 0.341 e. The third-order valence-corrected chi connectivity index (χ3v) is 7.82. The molecule has 0 aliphatic heterocycles. The highest BCUT2D eigenvalue weighted by Gasteiger charge is 2.20. The van der Waals surface area contributed by atoms with Crippen LogP contribution in [0.2, 0.25) is 0 Å². The predicted molar refractivity (Wildman–Crippen MR) is 181 cm³/mol. The first-order chi connectivity index (χ1) is 21.6. The Morgan fingerprint density at radius 2 is 1.20 bits per heavy atom. The summed E-state index contributed by atoms with van der Waals surface area (Å²) in [7, 11) is 0. The molecular weight excluding hydrogens is 548 g/mol. The smallest absolute Gasteiger partial charge is 0.341 e. The molecular formula is C39H56O5. The predicted octanol–water partition coefficient (Wildman–Crippen LogP) is 10.8. The van der Waals surface area contributed by atoms with Gasteiger partial charge in [0.25, 0.3) is 0 Å². The van der Waals surface area contributed by atoms with Gasteiger partial charge < -0.3 is 14.2 Å². The summed E-state index contributed by atoms with van der Waals surface area (Å²) in [6.45, 7) is 5.10. The third-order valence-electron chi connectivity index (χ3n) is 7.82. The zero-order valence-corrected chi connectivity index (χ0v) is 27.5. The van der Waals surface area contributed by atoms with E-state index in [1.807, 2.05) is 36.4 Å². The van der Waals surface area contributed by atoms with Gasteiger partial charge in [-0.25, -0.2) is 4.79 Å². The summed E-state index contributed by atoms with van der Waals surface area (Å²) in [6, 6.07) is 15.4. The molecule has 0 aliphatic carbocycles. The summed E-state index contributed by atoms with van der Waals surface area (Å²) in [5.41, 5.74) is 2.49. The van der Waals surface area contributed by atoms with Crippen molar-refractivity contribution in [1.82, 2.24) is 0 Å². The van der Waals surface area contributed by atoms with Crippen LogP contribution in [0, 0.1) is 12.3 Å². The third kappa shape index (κ3) is 16.6. The molecule has 242 valence electrons. The van der Waals surface area contributed by atoms with E-state index in [2.05, 4.69) is 19.8 Å². The molecule has 5 heteroatoms. The maximum absolute atomic E-state index is 12.9. The van der Waals surface area contributed by atoms with E-state index in [0.717, 1.165) is 94.1 Å². The lowest BCUT2D eigenvalue weighted by molar-refractivity contribution is -0.169. The highest BCUT2D eigenvalue weighted by atomic mass is 16.7. The zero-order valence-electron chi connectivity index (χ0n) is 27.5. The molecule has 0 saturated heterocycles. The summed E-state index contributed by atoms with van der Waals surface area (Å²) in [4.78, 5) is 25.4. The van der Waals surface area contributed by atoms with Crippen LogP contribution in [0.1, 0.15) is 146 Å². The Morgan fingerprint density at radius 3 is 1.84 bits per heavy atom. The number of ether oxygens (including phenoxy) is 3. The van der Waals surface area contributed by atoms with Crippen molar-refractivity contribution in [3.8, 4) is 29.2 Å². The summed E-state index contributed by atoms with van der Waals surface area (Å²) in [6.07, 6.45) is 24.0. The van der Waals surface area contributed by atoms with Crippen molar-refractivity contribution in [1.29, 1.82) is 0 Å². The molecule has 0 fully saturated rings. The first-order valence-electron chi connectivity index (χ1n) is 17.2. The molecule has 1 unspecified atom stereocenters. The number of unbranched alkanes of at least 4 members (excludes halogenated alkanes) is 14. The van der Waals surface area contributed by atoms with Gasteiger partial charge >= 0.3 is 11.9 Å². The lowest BCUT2D eigenvalue weighted by Gasteiger charge is -2.18. The van der Waals surface area contributed by atoms with Gasteiger partial charge in [-0.2, -0.15) is 0 Å². The number of esters is 2. The van der Waals surface area contributed by atoms with Crippen molar-refractivity contribution >= 4 is 11.9 Å². The number of rotatable bonds is 25. The van der Waals surface area contributed by atoms with E-state index in [9.17, 15) is 9.59 Å². The van der Waals surface area contributed by atoms with Gasteiger partial charge in [-0.15, -0.1) is 12.3 Å². The first kappa shape index (κ1) is 36.9. The number of benzene rings is 2. The molecule has 0 aliphatic rings. The average Bonchev–Trinajstić information content (AvgIpc) is 3.04. The fraction of sp³-hybridized carbons (Fsp3) is 0.590. The van der Waals surface area contributed by atoms with Crippen LogP contribution < -0.4 is 4.74 Å². The van der Waals surface area contributed by atoms with Crippen LogP contribution in [-0.4, -0.2) is 24.8 Å². The number of hydrogen-bond acceptors (Lipinski definition) is 5. The monoisotopic (exact) mass is 604 g/mol. The topological polar surface area (TPSA) is 61.8 Å².